The second-order valence-electron chi connectivity index (χ2n) is 5.70. The van der Waals surface area contributed by atoms with E-state index in [9.17, 15) is 4.79 Å². The summed E-state index contributed by atoms with van der Waals surface area (Å²) in [5.74, 6) is 1.94. The highest BCUT2D eigenvalue weighted by Gasteiger charge is 2.20. The van der Waals surface area contributed by atoms with Gasteiger partial charge < -0.3 is 14.8 Å². The van der Waals surface area contributed by atoms with Crippen LogP contribution in [-0.2, 0) is 4.79 Å². The van der Waals surface area contributed by atoms with Crippen molar-refractivity contribution in [2.45, 2.75) is 45.6 Å². The molecular weight excluding hydrogens is 266 g/mol. The maximum absolute atomic E-state index is 12.0. The van der Waals surface area contributed by atoms with Gasteiger partial charge in [0.1, 0.15) is 0 Å². The summed E-state index contributed by atoms with van der Waals surface area (Å²) in [4.78, 5) is 12.0. The van der Waals surface area contributed by atoms with E-state index in [1.54, 1.807) is 0 Å². The van der Waals surface area contributed by atoms with Gasteiger partial charge in [0, 0.05) is 6.04 Å². The van der Waals surface area contributed by atoms with Gasteiger partial charge in [-0.1, -0.05) is 31.9 Å². The molecule has 1 aliphatic carbocycles. The fourth-order valence-corrected chi connectivity index (χ4v) is 2.82. The zero-order valence-electron chi connectivity index (χ0n) is 12.9. The van der Waals surface area contributed by atoms with E-state index in [4.69, 9.17) is 9.47 Å². The Labute approximate surface area is 126 Å². The summed E-state index contributed by atoms with van der Waals surface area (Å²) in [6.45, 7) is 4.78. The van der Waals surface area contributed by atoms with Gasteiger partial charge in [-0.3, -0.25) is 4.79 Å². The Hall–Kier alpha value is -1.71. The molecule has 0 radical (unpaired) electrons. The van der Waals surface area contributed by atoms with E-state index in [2.05, 4.69) is 12.2 Å². The normalized spacial score (nSPS) is 21.6. The van der Waals surface area contributed by atoms with Gasteiger partial charge in [-0.15, -0.1) is 0 Å². The summed E-state index contributed by atoms with van der Waals surface area (Å²) in [6.07, 6.45) is 4.61. The quantitative estimate of drug-likeness (QED) is 0.876. The topological polar surface area (TPSA) is 47.6 Å². The van der Waals surface area contributed by atoms with Gasteiger partial charge in [-0.2, -0.15) is 0 Å². The molecule has 4 heteroatoms. The van der Waals surface area contributed by atoms with E-state index in [-0.39, 0.29) is 12.5 Å². The molecule has 0 spiro atoms. The van der Waals surface area contributed by atoms with Crippen LogP contribution in [0, 0.1) is 5.92 Å². The van der Waals surface area contributed by atoms with Crippen molar-refractivity contribution in [3.05, 3.63) is 24.3 Å². The van der Waals surface area contributed by atoms with Crippen molar-refractivity contribution in [2.24, 2.45) is 5.92 Å². The third-order valence-corrected chi connectivity index (χ3v) is 3.81. The third-order valence-electron chi connectivity index (χ3n) is 3.81. The highest BCUT2D eigenvalue weighted by atomic mass is 16.5. The van der Waals surface area contributed by atoms with E-state index in [1.807, 2.05) is 31.2 Å². The van der Waals surface area contributed by atoms with Crippen LogP contribution in [0.15, 0.2) is 24.3 Å². The number of amides is 1. The molecule has 1 amide bonds. The molecule has 0 aliphatic heterocycles. The van der Waals surface area contributed by atoms with Crippen LogP contribution in [0.1, 0.15) is 39.5 Å². The van der Waals surface area contributed by atoms with Gasteiger partial charge in [-0.25, -0.2) is 0 Å². The van der Waals surface area contributed by atoms with Crippen molar-refractivity contribution in [1.29, 1.82) is 0 Å². The number of carbonyl (C=O) groups excluding carboxylic acids is 1. The first-order valence-corrected chi connectivity index (χ1v) is 7.83. The third kappa shape index (κ3) is 4.96. The van der Waals surface area contributed by atoms with Crippen molar-refractivity contribution in [1.82, 2.24) is 5.32 Å². The van der Waals surface area contributed by atoms with Gasteiger partial charge in [0.25, 0.3) is 5.91 Å². The number of hydrogen-bond donors (Lipinski definition) is 1. The summed E-state index contributed by atoms with van der Waals surface area (Å²) >= 11 is 0. The number of benzene rings is 1. The highest BCUT2D eigenvalue weighted by Crippen LogP contribution is 2.26. The van der Waals surface area contributed by atoms with Crippen LogP contribution in [0.3, 0.4) is 0 Å². The fraction of sp³-hybridized carbons (Fsp3) is 0.588. The Morgan fingerprint density at radius 1 is 1.24 bits per heavy atom. The first-order chi connectivity index (χ1) is 10.2. The predicted octanol–water partition coefficient (Wildman–Crippen LogP) is 3.16. The summed E-state index contributed by atoms with van der Waals surface area (Å²) in [7, 11) is 0. The van der Waals surface area contributed by atoms with Crippen LogP contribution in [0.2, 0.25) is 0 Å². The number of para-hydroxylation sites is 2. The molecular formula is C17H25NO3. The molecule has 2 unspecified atom stereocenters. The molecule has 1 saturated carbocycles. The maximum Gasteiger partial charge on any atom is 0.258 e. The molecule has 1 fully saturated rings. The fourth-order valence-electron chi connectivity index (χ4n) is 2.82. The SMILES string of the molecule is CCOc1ccccc1OCC(=O)NC1CCCC(C)C1. The molecule has 1 aromatic rings. The first-order valence-electron chi connectivity index (χ1n) is 7.83. The van der Waals surface area contributed by atoms with E-state index in [0.717, 1.165) is 12.8 Å². The Balaban J connectivity index is 1.81. The molecule has 116 valence electrons. The van der Waals surface area contributed by atoms with Crippen molar-refractivity contribution in [3.8, 4) is 11.5 Å². The molecule has 2 rings (SSSR count). The highest BCUT2D eigenvalue weighted by molar-refractivity contribution is 5.77. The molecule has 2 atom stereocenters. The lowest BCUT2D eigenvalue weighted by molar-refractivity contribution is -0.124. The number of carbonyl (C=O) groups is 1. The molecule has 4 nitrogen and oxygen atoms in total. The smallest absolute Gasteiger partial charge is 0.258 e. The average molecular weight is 291 g/mol. The minimum atomic E-state index is -0.0552. The number of nitrogens with one attached hydrogen (secondary N) is 1. The Kier molecular flexibility index (Phi) is 5.90. The monoisotopic (exact) mass is 291 g/mol. The molecule has 21 heavy (non-hydrogen) atoms. The number of rotatable bonds is 6. The van der Waals surface area contributed by atoms with Crippen molar-refractivity contribution < 1.29 is 14.3 Å². The van der Waals surface area contributed by atoms with E-state index >= 15 is 0 Å². The van der Waals surface area contributed by atoms with Gasteiger partial charge in [0.2, 0.25) is 0 Å². The zero-order valence-corrected chi connectivity index (χ0v) is 12.9. The molecule has 1 aromatic carbocycles. The lowest BCUT2D eigenvalue weighted by Gasteiger charge is -2.27. The Bertz CT molecular complexity index is 461. The van der Waals surface area contributed by atoms with Crippen LogP contribution in [0.5, 0.6) is 11.5 Å². The number of ether oxygens (including phenoxy) is 2. The number of hydrogen-bond acceptors (Lipinski definition) is 3. The van der Waals surface area contributed by atoms with Crippen LogP contribution in [0.25, 0.3) is 0 Å². The standard InChI is InChI=1S/C17H25NO3/c1-3-20-15-9-4-5-10-16(15)21-12-17(19)18-14-8-6-7-13(2)11-14/h4-5,9-10,13-14H,3,6-8,11-12H2,1-2H3,(H,18,19). The van der Waals surface area contributed by atoms with Crippen LogP contribution < -0.4 is 14.8 Å². The van der Waals surface area contributed by atoms with Crippen LogP contribution in [-0.4, -0.2) is 25.2 Å². The molecule has 1 aliphatic rings. The van der Waals surface area contributed by atoms with Gasteiger partial charge in [-0.05, 0) is 37.8 Å². The summed E-state index contributed by atoms with van der Waals surface area (Å²) < 4.78 is 11.1. The first kappa shape index (κ1) is 15.7. The molecule has 0 saturated heterocycles. The van der Waals surface area contributed by atoms with Crippen molar-refractivity contribution in [3.63, 3.8) is 0 Å². The lowest BCUT2D eigenvalue weighted by Crippen LogP contribution is -2.40. The molecule has 0 heterocycles. The van der Waals surface area contributed by atoms with Gasteiger partial charge in [0.15, 0.2) is 18.1 Å². The zero-order chi connectivity index (χ0) is 15.1. The van der Waals surface area contributed by atoms with E-state index in [1.165, 1.54) is 12.8 Å². The largest absolute Gasteiger partial charge is 0.490 e. The Morgan fingerprint density at radius 3 is 2.62 bits per heavy atom. The minimum Gasteiger partial charge on any atom is -0.490 e. The summed E-state index contributed by atoms with van der Waals surface area (Å²) in [5.41, 5.74) is 0. The lowest BCUT2D eigenvalue weighted by atomic mass is 9.87. The summed E-state index contributed by atoms with van der Waals surface area (Å²) in [5, 5.41) is 3.07. The predicted molar refractivity (Wildman–Crippen MR) is 82.7 cm³/mol. The van der Waals surface area contributed by atoms with Crippen LogP contribution >= 0.6 is 0 Å². The second kappa shape index (κ2) is 7.91. The van der Waals surface area contributed by atoms with Gasteiger partial charge >= 0.3 is 0 Å². The van der Waals surface area contributed by atoms with Crippen LogP contribution in [0.4, 0.5) is 0 Å². The van der Waals surface area contributed by atoms with Crippen molar-refractivity contribution in [2.75, 3.05) is 13.2 Å². The summed E-state index contributed by atoms with van der Waals surface area (Å²) in [6, 6.07) is 7.73. The molecule has 0 aromatic heterocycles. The van der Waals surface area contributed by atoms with Gasteiger partial charge in [0.05, 0.1) is 6.61 Å². The second-order valence-corrected chi connectivity index (χ2v) is 5.70. The van der Waals surface area contributed by atoms with E-state index < -0.39 is 0 Å². The molecule has 1 N–H and O–H groups in total. The minimum absolute atomic E-state index is 0.0367. The maximum atomic E-state index is 12.0. The average Bonchev–Trinajstić information content (AvgIpc) is 2.47. The van der Waals surface area contributed by atoms with Crippen molar-refractivity contribution >= 4 is 5.91 Å². The van der Waals surface area contributed by atoms with E-state index in [0.29, 0.717) is 30.1 Å². The Morgan fingerprint density at radius 2 is 1.95 bits per heavy atom. The molecule has 0 bridgehead atoms.